The van der Waals surface area contributed by atoms with Crippen molar-refractivity contribution < 1.29 is 14.3 Å². The number of aryl methyl sites for hydroxylation is 2. The average molecular weight is 339 g/mol. The Bertz CT molecular complexity index is 781. The molecule has 1 saturated carbocycles. The molecule has 0 bridgehead atoms. The Labute approximate surface area is 149 Å². The van der Waals surface area contributed by atoms with Crippen LogP contribution in [-0.2, 0) is 6.54 Å². The Hall–Kier alpha value is -2.49. The molecule has 0 unspecified atom stereocenters. The smallest absolute Gasteiger partial charge is 0.254 e. The van der Waals surface area contributed by atoms with Gasteiger partial charge in [-0.15, -0.1) is 0 Å². The molecule has 0 radical (unpaired) electrons. The van der Waals surface area contributed by atoms with Crippen LogP contribution in [0, 0.1) is 13.8 Å². The zero-order valence-electron chi connectivity index (χ0n) is 15.3. The summed E-state index contributed by atoms with van der Waals surface area (Å²) in [5.74, 6) is 1.60. The molecular formula is C21H25NO3. The van der Waals surface area contributed by atoms with Gasteiger partial charge in [0.25, 0.3) is 5.91 Å². The van der Waals surface area contributed by atoms with E-state index in [1.165, 1.54) is 0 Å². The zero-order valence-corrected chi connectivity index (χ0v) is 15.3. The molecule has 1 aliphatic carbocycles. The number of hydrogen-bond acceptors (Lipinski definition) is 3. The third-order valence-electron chi connectivity index (χ3n) is 4.71. The third-order valence-corrected chi connectivity index (χ3v) is 4.71. The first kappa shape index (κ1) is 17.3. The van der Waals surface area contributed by atoms with Crippen LogP contribution in [0.15, 0.2) is 36.4 Å². The van der Waals surface area contributed by atoms with Crippen LogP contribution < -0.4 is 9.47 Å². The lowest BCUT2D eigenvalue weighted by Gasteiger charge is -2.25. The number of rotatable bonds is 6. The summed E-state index contributed by atoms with van der Waals surface area (Å²) < 4.78 is 10.8. The SMILES string of the molecule is COc1ccc(CN(C(=O)c2cc(C)ccc2C)C2CC2)c(OC)c1. The van der Waals surface area contributed by atoms with Gasteiger partial charge in [0, 0.05) is 29.8 Å². The third kappa shape index (κ3) is 3.78. The van der Waals surface area contributed by atoms with E-state index in [2.05, 4.69) is 0 Å². The van der Waals surface area contributed by atoms with E-state index in [9.17, 15) is 4.79 Å². The van der Waals surface area contributed by atoms with Gasteiger partial charge < -0.3 is 14.4 Å². The topological polar surface area (TPSA) is 38.8 Å². The molecule has 25 heavy (non-hydrogen) atoms. The van der Waals surface area contributed by atoms with Gasteiger partial charge in [0.05, 0.1) is 14.2 Å². The average Bonchev–Trinajstić information content (AvgIpc) is 3.46. The molecule has 0 saturated heterocycles. The number of hydrogen-bond donors (Lipinski definition) is 0. The van der Waals surface area contributed by atoms with Crippen LogP contribution in [0.3, 0.4) is 0 Å². The molecular weight excluding hydrogens is 314 g/mol. The van der Waals surface area contributed by atoms with E-state index >= 15 is 0 Å². The summed E-state index contributed by atoms with van der Waals surface area (Å²) in [6.45, 7) is 4.56. The lowest BCUT2D eigenvalue weighted by Crippen LogP contribution is -2.33. The highest BCUT2D eigenvalue weighted by Gasteiger charge is 2.34. The van der Waals surface area contributed by atoms with Crippen LogP contribution in [0.1, 0.15) is 39.9 Å². The first-order valence-corrected chi connectivity index (χ1v) is 8.62. The minimum Gasteiger partial charge on any atom is -0.497 e. The molecule has 0 spiro atoms. The second-order valence-corrected chi connectivity index (χ2v) is 6.66. The molecule has 0 heterocycles. The summed E-state index contributed by atoms with van der Waals surface area (Å²) in [5, 5.41) is 0. The van der Waals surface area contributed by atoms with Crippen molar-refractivity contribution in [3.8, 4) is 11.5 Å². The van der Waals surface area contributed by atoms with Crippen molar-refractivity contribution in [1.29, 1.82) is 0 Å². The quantitative estimate of drug-likeness (QED) is 0.794. The molecule has 1 aliphatic rings. The Morgan fingerprint density at radius 1 is 1.08 bits per heavy atom. The largest absolute Gasteiger partial charge is 0.497 e. The maximum Gasteiger partial charge on any atom is 0.254 e. The predicted molar refractivity (Wildman–Crippen MR) is 98.4 cm³/mol. The molecule has 4 nitrogen and oxygen atoms in total. The van der Waals surface area contributed by atoms with Crippen LogP contribution in [-0.4, -0.2) is 31.1 Å². The van der Waals surface area contributed by atoms with Crippen molar-refractivity contribution in [2.75, 3.05) is 14.2 Å². The second-order valence-electron chi connectivity index (χ2n) is 6.66. The van der Waals surface area contributed by atoms with Crippen molar-refractivity contribution in [1.82, 2.24) is 4.90 Å². The van der Waals surface area contributed by atoms with E-state index in [0.717, 1.165) is 46.6 Å². The number of amides is 1. The lowest BCUT2D eigenvalue weighted by atomic mass is 10.0. The van der Waals surface area contributed by atoms with Crippen LogP contribution in [0.2, 0.25) is 0 Å². The van der Waals surface area contributed by atoms with E-state index in [1.807, 2.05) is 55.1 Å². The molecule has 2 aromatic carbocycles. The summed E-state index contributed by atoms with van der Waals surface area (Å²) in [5.41, 5.74) is 3.91. The normalized spacial score (nSPS) is 13.4. The van der Waals surface area contributed by atoms with Gasteiger partial charge in [-0.1, -0.05) is 17.7 Å². The molecule has 4 heteroatoms. The van der Waals surface area contributed by atoms with Crippen LogP contribution in [0.5, 0.6) is 11.5 Å². The molecule has 0 aromatic heterocycles. The van der Waals surface area contributed by atoms with Gasteiger partial charge in [0.2, 0.25) is 0 Å². The Kier molecular flexibility index (Phi) is 4.98. The van der Waals surface area contributed by atoms with Crippen LogP contribution >= 0.6 is 0 Å². The molecule has 3 rings (SSSR count). The van der Waals surface area contributed by atoms with E-state index in [4.69, 9.17) is 9.47 Å². The van der Waals surface area contributed by atoms with Crippen molar-refractivity contribution in [2.45, 2.75) is 39.3 Å². The number of methoxy groups -OCH3 is 2. The molecule has 2 aromatic rings. The fourth-order valence-electron chi connectivity index (χ4n) is 3.04. The van der Waals surface area contributed by atoms with E-state index < -0.39 is 0 Å². The van der Waals surface area contributed by atoms with Crippen molar-refractivity contribution >= 4 is 5.91 Å². The Morgan fingerprint density at radius 3 is 2.48 bits per heavy atom. The Morgan fingerprint density at radius 2 is 1.84 bits per heavy atom. The van der Waals surface area contributed by atoms with E-state index in [0.29, 0.717) is 12.6 Å². The standard InChI is InChI=1S/C21H25NO3/c1-14-5-6-15(2)19(11-14)21(23)22(17-8-9-17)13-16-7-10-18(24-3)12-20(16)25-4/h5-7,10-12,17H,8-9,13H2,1-4H3. The van der Waals surface area contributed by atoms with E-state index in [-0.39, 0.29) is 5.91 Å². The summed E-state index contributed by atoms with van der Waals surface area (Å²) >= 11 is 0. The first-order valence-electron chi connectivity index (χ1n) is 8.62. The minimum atomic E-state index is 0.0987. The highest BCUT2D eigenvalue weighted by molar-refractivity contribution is 5.96. The van der Waals surface area contributed by atoms with E-state index in [1.54, 1.807) is 14.2 Å². The molecule has 1 amide bonds. The number of nitrogens with zero attached hydrogens (tertiary/aromatic N) is 1. The molecule has 0 atom stereocenters. The number of carbonyl (C=O) groups excluding carboxylic acids is 1. The number of benzene rings is 2. The maximum atomic E-state index is 13.2. The summed E-state index contributed by atoms with van der Waals surface area (Å²) in [4.78, 5) is 15.2. The minimum absolute atomic E-state index is 0.0987. The first-order chi connectivity index (χ1) is 12.0. The summed E-state index contributed by atoms with van der Waals surface area (Å²) in [7, 11) is 3.28. The highest BCUT2D eigenvalue weighted by atomic mass is 16.5. The number of ether oxygens (including phenoxy) is 2. The molecule has 0 aliphatic heterocycles. The van der Waals surface area contributed by atoms with Gasteiger partial charge >= 0.3 is 0 Å². The second kappa shape index (κ2) is 7.18. The Balaban J connectivity index is 1.90. The molecule has 1 fully saturated rings. The monoisotopic (exact) mass is 339 g/mol. The van der Waals surface area contributed by atoms with Crippen molar-refractivity contribution in [3.05, 3.63) is 58.7 Å². The lowest BCUT2D eigenvalue weighted by molar-refractivity contribution is 0.0728. The zero-order chi connectivity index (χ0) is 18.0. The number of carbonyl (C=O) groups is 1. The van der Waals surface area contributed by atoms with Gasteiger partial charge in [-0.25, -0.2) is 0 Å². The van der Waals surface area contributed by atoms with Gasteiger partial charge in [0.15, 0.2) is 0 Å². The maximum absolute atomic E-state index is 13.2. The summed E-state index contributed by atoms with van der Waals surface area (Å²) in [6, 6.07) is 12.1. The molecule has 132 valence electrons. The van der Waals surface area contributed by atoms with Gasteiger partial charge in [-0.3, -0.25) is 4.79 Å². The fourth-order valence-corrected chi connectivity index (χ4v) is 3.04. The van der Waals surface area contributed by atoms with Crippen molar-refractivity contribution in [3.63, 3.8) is 0 Å². The molecule has 0 N–H and O–H groups in total. The van der Waals surface area contributed by atoms with Gasteiger partial charge in [-0.05, 0) is 50.5 Å². The fraction of sp³-hybridized carbons (Fsp3) is 0.381. The summed E-state index contributed by atoms with van der Waals surface area (Å²) in [6.07, 6.45) is 2.13. The van der Waals surface area contributed by atoms with Gasteiger partial charge in [0.1, 0.15) is 11.5 Å². The van der Waals surface area contributed by atoms with Crippen molar-refractivity contribution in [2.24, 2.45) is 0 Å². The predicted octanol–water partition coefficient (Wildman–Crippen LogP) is 4.13. The van der Waals surface area contributed by atoms with Crippen LogP contribution in [0.25, 0.3) is 0 Å². The van der Waals surface area contributed by atoms with Crippen LogP contribution in [0.4, 0.5) is 0 Å². The van der Waals surface area contributed by atoms with Gasteiger partial charge in [-0.2, -0.15) is 0 Å². The highest BCUT2D eigenvalue weighted by Crippen LogP contribution is 2.33.